The number of aliphatic hydroxyl groups is 1. The number of nitrogens with zero attached hydrogens (tertiary/aromatic N) is 1. The van der Waals surface area contributed by atoms with Gasteiger partial charge in [0.25, 0.3) is 0 Å². The van der Waals surface area contributed by atoms with E-state index in [1.54, 1.807) is 7.11 Å². The lowest BCUT2D eigenvalue weighted by Crippen LogP contribution is -2.48. The van der Waals surface area contributed by atoms with Crippen LogP contribution in [0.4, 0.5) is 11.4 Å². The van der Waals surface area contributed by atoms with Crippen LogP contribution in [-0.4, -0.2) is 42.3 Å². The molecular weight excluding hydrogens is 516 g/mol. The SMILES string of the molecule is COc1ccc(C)cc1NC(O)N1CC(C)Oc2cc(-c3ccc(C4CCC(C)(C#CC(=O)O)CC4)cc3)ccc21. The summed E-state index contributed by atoms with van der Waals surface area (Å²) < 4.78 is 11.7. The molecule has 3 aromatic rings. The van der Waals surface area contributed by atoms with Gasteiger partial charge in [0.1, 0.15) is 17.6 Å². The molecule has 1 aliphatic carbocycles. The summed E-state index contributed by atoms with van der Waals surface area (Å²) in [6, 6.07) is 20.6. The first-order chi connectivity index (χ1) is 19.6. The van der Waals surface area contributed by atoms with Crippen molar-refractivity contribution in [1.82, 2.24) is 0 Å². The van der Waals surface area contributed by atoms with E-state index in [1.165, 1.54) is 5.56 Å². The predicted octanol–water partition coefficient (Wildman–Crippen LogP) is 6.40. The molecule has 0 radical (unpaired) electrons. The molecule has 2 aliphatic rings. The van der Waals surface area contributed by atoms with Crippen LogP contribution in [0.3, 0.4) is 0 Å². The predicted molar refractivity (Wildman–Crippen MR) is 161 cm³/mol. The maximum Gasteiger partial charge on any atom is 0.381 e. The van der Waals surface area contributed by atoms with Gasteiger partial charge in [0.05, 0.1) is 25.0 Å². The zero-order valence-electron chi connectivity index (χ0n) is 24.1. The van der Waals surface area contributed by atoms with Crippen LogP contribution in [0, 0.1) is 24.2 Å². The summed E-state index contributed by atoms with van der Waals surface area (Å²) >= 11 is 0. The molecule has 3 N–H and O–H groups in total. The number of rotatable bonds is 6. The van der Waals surface area contributed by atoms with E-state index in [1.807, 2.05) is 49.1 Å². The van der Waals surface area contributed by atoms with E-state index < -0.39 is 12.3 Å². The van der Waals surface area contributed by atoms with E-state index >= 15 is 0 Å². The minimum Gasteiger partial charge on any atom is -0.495 e. The maximum absolute atomic E-state index is 11.2. The number of carboxylic acids is 1. The van der Waals surface area contributed by atoms with Crippen molar-refractivity contribution in [2.24, 2.45) is 5.41 Å². The second-order valence-electron chi connectivity index (χ2n) is 11.5. The normalized spacial score (nSPS) is 22.4. The Hall–Kier alpha value is -4.15. The Morgan fingerprint density at radius 3 is 2.49 bits per heavy atom. The average Bonchev–Trinajstić information content (AvgIpc) is 2.96. The van der Waals surface area contributed by atoms with Crippen LogP contribution in [-0.2, 0) is 4.79 Å². The lowest BCUT2D eigenvalue weighted by atomic mass is 9.70. The van der Waals surface area contributed by atoms with Crippen LogP contribution in [0.25, 0.3) is 11.1 Å². The highest BCUT2D eigenvalue weighted by atomic mass is 16.5. The molecule has 1 fully saturated rings. The van der Waals surface area contributed by atoms with Gasteiger partial charge in [-0.15, -0.1) is 0 Å². The Morgan fingerprint density at radius 1 is 1.10 bits per heavy atom. The summed E-state index contributed by atoms with van der Waals surface area (Å²) in [7, 11) is 1.62. The van der Waals surface area contributed by atoms with Gasteiger partial charge in [-0.1, -0.05) is 42.3 Å². The zero-order chi connectivity index (χ0) is 29.1. The second kappa shape index (κ2) is 11.8. The van der Waals surface area contributed by atoms with E-state index in [4.69, 9.17) is 14.6 Å². The number of benzene rings is 3. The number of aliphatic hydroxyl groups excluding tert-OH is 1. The smallest absolute Gasteiger partial charge is 0.381 e. The number of aliphatic carboxylic acids is 1. The Bertz CT molecular complexity index is 1460. The van der Waals surface area contributed by atoms with E-state index in [2.05, 4.69) is 54.4 Å². The number of carbonyl (C=O) groups is 1. The number of ether oxygens (including phenoxy) is 2. The molecule has 1 saturated carbocycles. The third-order valence-corrected chi connectivity index (χ3v) is 8.26. The molecule has 1 aliphatic heterocycles. The fraction of sp³-hybridized carbons (Fsp3) is 0.382. The summed E-state index contributed by atoms with van der Waals surface area (Å²) in [4.78, 5) is 12.8. The molecule has 0 amide bonds. The van der Waals surface area contributed by atoms with Crippen molar-refractivity contribution in [2.75, 3.05) is 23.9 Å². The van der Waals surface area contributed by atoms with Gasteiger partial charge >= 0.3 is 5.97 Å². The highest BCUT2D eigenvalue weighted by Crippen LogP contribution is 2.43. The molecule has 3 aromatic carbocycles. The highest BCUT2D eigenvalue weighted by molar-refractivity contribution is 5.86. The number of aryl methyl sites for hydroxylation is 1. The average molecular weight is 555 g/mol. The van der Waals surface area contributed by atoms with Crippen LogP contribution >= 0.6 is 0 Å². The standard InChI is InChI=1S/C34H38N2O5/c1-22-5-12-30(40-4)28(19-22)35-33(39)36-21-23(2)41-31-20-27(10-11-29(31)36)25-8-6-24(7-9-25)26-13-16-34(3,17-14-26)18-15-32(37)38/h5-12,19-20,23,26,33,35,39H,13-14,16-17,21H2,1-4H3,(H,37,38). The quantitative estimate of drug-likeness (QED) is 0.240. The largest absolute Gasteiger partial charge is 0.495 e. The fourth-order valence-corrected chi connectivity index (χ4v) is 5.90. The van der Waals surface area contributed by atoms with Crippen molar-refractivity contribution in [3.05, 3.63) is 71.8 Å². The number of anilines is 2. The monoisotopic (exact) mass is 554 g/mol. The molecule has 0 saturated heterocycles. The summed E-state index contributed by atoms with van der Waals surface area (Å²) in [5, 5.41) is 23.3. The van der Waals surface area contributed by atoms with Gasteiger partial charge in [0, 0.05) is 11.3 Å². The lowest BCUT2D eigenvalue weighted by molar-refractivity contribution is -0.130. The summed E-state index contributed by atoms with van der Waals surface area (Å²) in [6.07, 6.45) is 2.72. The third kappa shape index (κ3) is 6.44. The van der Waals surface area contributed by atoms with E-state index in [-0.39, 0.29) is 11.5 Å². The lowest BCUT2D eigenvalue weighted by Gasteiger charge is -2.38. The Balaban J connectivity index is 1.30. The third-order valence-electron chi connectivity index (χ3n) is 8.26. The van der Waals surface area contributed by atoms with Crippen molar-refractivity contribution in [3.8, 4) is 34.5 Å². The van der Waals surface area contributed by atoms with Gasteiger partial charge in [-0.2, -0.15) is 0 Å². The van der Waals surface area contributed by atoms with Crippen molar-refractivity contribution in [1.29, 1.82) is 0 Å². The molecule has 0 spiro atoms. The molecule has 41 heavy (non-hydrogen) atoms. The molecular formula is C34H38N2O5. The van der Waals surface area contributed by atoms with Crippen LogP contribution < -0.4 is 19.7 Å². The minimum atomic E-state index is -1.06. The summed E-state index contributed by atoms with van der Waals surface area (Å²) in [6.45, 7) is 6.60. The molecule has 214 valence electrons. The van der Waals surface area contributed by atoms with Crippen LogP contribution in [0.15, 0.2) is 60.7 Å². The number of nitrogens with one attached hydrogen (secondary N) is 1. The molecule has 5 rings (SSSR count). The molecule has 2 atom stereocenters. The molecule has 7 heteroatoms. The number of carboxylic acid groups (broad SMARTS) is 1. The van der Waals surface area contributed by atoms with Crippen molar-refractivity contribution >= 4 is 17.3 Å². The summed E-state index contributed by atoms with van der Waals surface area (Å²) in [5.74, 6) is 6.08. The second-order valence-corrected chi connectivity index (χ2v) is 11.5. The van der Waals surface area contributed by atoms with Gasteiger partial charge in [-0.3, -0.25) is 0 Å². The Labute approximate surface area is 242 Å². The number of fused-ring (bicyclic) bond motifs is 1. The van der Waals surface area contributed by atoms with Crippen LogP contribution in [0.2, 0.25) is 0 Å². The number of hydrogen-bond acceptors (Lipinski definition) is 6. The van der Waals surface area contributed by atoms with Crippen LogP contribution in [0.1, 0.15) is 56.6 Å². The molecule has 7 nitrogen and oxygen atoms in total. The first-order valence-corrected chi connectivity index (χ1v) is 14.2. The Kier molecular flexibility index (Phi) is 8.14. The fourth-order valence-electron chi connectivity index (χ4n) is 5.90. The van der Waals surface area contributed by atoms with Gasteiger partial charge in [-0.25, -0.2) is 4.79 Å². The van der Waals surface area contributed by atoms with E-state index in [0.29, 0.717) is 18.2 Å². The number of hydrogen-bond donors (Lipinski definition) is 3. The van der Waals surface area contributed by atoms with Gasteiger partial charge < -0.3 is 29.9 Å². The van der Waals surface area contributed by atoms with Crippen molar-refractivity contribution < 1.29 is 24.5 Å². The number of methoxy groups -OCH3 is 1. The molecule has 0 aromatic heterocycles. The van der Waals surface area contributed by atoms with E-state index in [0.717, 1.165) is 59.5 Å². The first-order valence-electron chi connectivity index (χ1n) is 14.2. The van der Waals surface area contributed by atoms with Gasteiger partial charge in [-0.05, 0) is 98.9 Å². The zero-order valence-corrected chi connectivity index (χ0v) is 24.1. The van der Waals surface area contributed by atoms with E-state index in [9.17, 15) is 9.90 Å². The molecule has 1 heterocycles. The van der Waals surface area contributed by atoms with Gasteiger partial charge in [0.2, 0.25) is 6.35 Å². The van der Waals surface area contributed by atoms with Gasteiger partial charge in [0.15, 0.2) is 0 Å². The maximum atomic E-state index is 11.2. The summed E-state index contributed by atoms with van der Waals surface area (Å²) in [5.41, 5.74) is 5.85. The topological polar surface area (TPSA) is 91.3 Å². The minimum absolute atomic E-state index is 0.104. The molecule has 0 bridgehead atoms. The van der Waals surface area contributed by atoms with Crippen molar-refractivity contribution in [2.45, 2.75) is 64.8 Å². The van der Waals surface area contributed by atoms with Crippen molar-refractivity contribution in [3.63, 3.8) is 0 Å². The Morgan fingerprint density at radius 2 is 1.80 bits per heavy atom. The highest BCUT2D eigenvalue weighted by Gasteiger charge is 2.31. The molecule has 2 unspecified atom stereocenters. The van der Waals surface area contributed by atoms with Crippen LogP contribution in [0.5, 0.6) is 11.5 Å². The first kappa shape index (κ1) is 28.4.